The Hall–Kier alpha value is -3.72. The van der Waals surface area contributed by atoms with Crippen molar-refractivity contribution in [2.75, 3.05) is 7.11 Å². The molecular formula is C22H18ClN5O4. The normalized spacial score (nSPS) is 18.0. The Morgan fingerprint density at radius 1 is 1.16 bits per heavy atom. The molecule has 162 valence electrons. The van der Waals surface area contributed by atoms with E-state index in [9.17, 15) is 14.4 Å². The van der Waals surface area contributed by atoms with Gasteiger partial charge in [-0.05, 0) is 36.2 Å². The number of hydrogen-bond donors (Lipinski definition) is 1. The van der Waals surface area contributed by atoms with Gasteiger partial charge in [0.05, 0.1) is 24.0 Å². The summed E-state index contributed by atoms with van der Waals surface area (Å²) < 4.78 is 6.84. The molecule has 3 heterocycles. The van der Waals surface area contributed by atoms with E-state index in [0.29, 0.717) is 40.7 Å². The first-order valence-electron chi connectivity index (χ1n) is 9.99. The second-order valence-corrected chi connectivity index (χ2v) is 8.05. The number of piperidine rings is 1. The molecule has 0 aliphatic carbocycles. The average molecular weight is 452 g/mol. The van der Waals surface area contributed by atoms with Gasteiger partial charge < -0.3 is 9.64 Å². The molecule has 2 aliphatic rings. The Labute approximate surface area is 187 Å². The molecule has 0 bridgehead atoms. The molecule has 1 saturated heterocycles. The number of ether oxygens (including phenoxy) is 1. The number of nitrogens with zero attached hydrogens (tertiary/aromatic N) is 4. The minimum Gasteiger partial charge on any atom is -0.495 e. The maximum absolute atomic E-state index is 13.0. The summed E-state index contributed by atoms with van der Waals surface area (Å²) >= 11 is 6.09. The molecule has 32 heavy (non-hydrogen) atoms. The number of benzene rings is 2. The van der Waals surface area contributed by atoms with E-state index in [2.05, 4.69) is 15.6 Å². The third kappa shape index (κ3) is 3.40. The fourth-order valence-corrected chi connectivity index (χ4v) is 4.22. The molecule has 9 nitrogen and oxygen atoms in total. The minimum absolute atomic E-state index is 0.221. The van der Waals surface area contributed by atoms with Gasteiger partial charge >= 0.3 is 0 Å². The summed E-state index contributed by atoms with van der Waals surface area (Å²) in [5, 5.41) is 11.2. The fraction of sp³-hybridized carbons (Fsp3) is 0.227. The number of imide groups is 1. The van der Waals surface area contributed by atoms with Crippen LogP contribution in [0.5, 0.6) is 5.75 Å². The lowest BCUT2D eigenvalue weighted by Gasteiger charge is -2.29. The molecule has 1 fully saturated rings. The number of rotatable bonds is 4. The van der Waals surface area contributed by atoms with Crippen molar-refractivity contribution >= 4 is 29.3 Å². The van der Waals surface area contributed by atoms with Gasteiger partial charge in [-0.3, -0.25) is 19.7 Å². The van der Waals surface area contributed by atoms with Crippen molar-refractivity contribution < 1.29 is 19.1 Å². The number of carbonyl (C=O) groups is 3. The van der Waals surface area contributed by atoms with Crippen molar-refractivity contribution in [1.82, 2.24) is 25.2 Å². The van der Waals surface area contributed by atoms with Crippen LogP contribution in [0.15, 0.2) is 42.6 Å². The zero-order chi connectivity index (χ0) is 22.4. The van der Waals surface area contributed by atoms with Crippen LogP contribution in [0.2, 0.25) is 5.02 Å². The van der Waals surface area contributed by atoms with Gasteiger partial charge in [0, 0.05) is 24.1 Å². The van der Waals surface area contributed by atoms with Gasteiger partial charge in [0.25, 0.3) is 5.91 Å². The zero-order valence-electron chi connectivity index (χ0n) is 17.0. The Bertz CT molecular complexity index is 1270. The topological polar surface area (TPSA) is 106 Å². The molecule has 2 aliphatic heterocycles. The molecular weight excluding hydrogens is 434 g/mol. The number of fused-ring (bicyclic) bond motifs is 1. The molecule has 10 heteroatoms. The van der Waals surface area contributed by atoms with Gasteiger partial charge in [0.1, 0.15) is 17.5 Å². The van der Waals surface area contributed by atoms with Gasteiger partial charge in [-0.2, -0.15) is 0 Å². The van der Waals surface area contributed by atoms with E-state index in [1.54, 1.807) is 36.2 Å². The largest absolute Gasteiger partial charge is 0.495 e. The number of aromatic nitrogens is 3. The van der Waals surface area contributed by atoms with Crippen molar-refractivity contribution in [2.45, 2.75) is 25.4 Å². The third-order valence-corrected chi connectivity index (χ3v) is 6.03. The highest BCUT2D eigenvalue weighted by molar-refractivity contribution is 6.32. The van der Waals surface area contributed by atoms with Crippen LogP contribution in [0.3, 0.4) is 0 Å². The second kappa shape index (κ2) is 7.76. The number of hydrogen-bond acceptors (Lipinski definition) is 6. The van der Waals surface area contributed by atoms with Gasteiger partial charge in [-0.25, -0.2) is 4.68 Å². The first-order valence-corrected chi connectivity index (χ1v) is 10.4. The van der Waals surface area contributed by atoms with E-state index in [0.717, 1.165) is 11.1 Å². The van der Waals surface area contributed by atoms with E-state index in [1.165, 1.54) is 4.90 Å². The van der Waals surface area contributed by atoms with Gasteiger partial charge in [0.15, 0.2) is 0 Å². The van der Waals surface area contributed by atoms with Crippen LogP contribution in [-0.4, -0.2) is 50.8 Å². The molecule has 2 aromatic carbocycles. The van der Waals surface area contributed by atoms with Crippen molar-refractivity contribution in [3.8, 4) is 22.7 Å². The van der Waals surface area contributed by atoms with E-state index in [-0.39, 0.29) is 18.2 Å². The standard InChI is InChI=1S/C22H18ClN5O4/c1-32-19-8-12(3-5-16(19)23)17-11-28(26-25-17)14-4-2-13-10-27(22(31)15(13)9-14)18-6-7-20(29)24-21(18)30/h2-5,8-9,11,18H,6-7,10H2,1H3,(H,24,29,30). The number of halogens is 1. The summed E-state index contributed by atoms with van der Waals surface area (Å²) in [5.41, 5.74) is 3.42. The van der Waals surface area contributed by atoms with Crippen LogP contribution in [0.25, 0.3) is 16.9 Å². The smallest absolute Gasteiger partial charge is 0.255 e. The quantitative estimate of drug-likeness (QED) is 0.610. The van der Waals surface area contributed by atoms with Gasteiger partial charge in [-0.1, -0.05) is 28.9 Å². The molecule has 3 amide bonds. The summed E-state index contributed by atoms with van der Waals surface area (Å²) in [6.07, 6.45) is 2.30. The van der Waals surface area contributed by atoms with Crippen LogP contribution < -0.4 is 10.1 Å². The zero-order valence-corrected chi connectivity index (χ0v) is 17.8. The summed E-state index contributed by atoms with van der Waals surface area (Å²) in [7, 11) is 1.54. The SMILES string of the molecule is COc1cc(-c2cn(-c3ccc4c(c3)C(=O)N(C3CCC(=O)NC3=O)C4)nn2)ccc1Cl. The first-order chi connectivity index (χ1) is 15.4. The molecule has 1 N–H and O–H groups in total. The molecule has 1 atom stereocenters. The van der Waals surface area contributed by atoms with Crippen LogP contribution in [0, 0.1) is 0 Å². The maximum Gasteiger partial charge on any atom is 0.255 e. The average Bonchev–Trinajstić information content (AvgIpc) is 3.39. The summed E-state index contributed by atoms with van der Waals surface area (Å²) in [6, 6.07) is 10.1. The van der Waals surface area contributed by atoms with Crippen LogP contribution >= 0.6 is 11.6 Å². The summed E-state index contributed by atoms with van der Waals surface area (Å²) in [6.45, 7) is 0.327. The number of amides is 3. The van der Waals surface area contributed by atoms with E-state index in [1.807, 2.05) is 18.2 Å². The minimum atomic E-state index is -0.645. The molecule has 1 unspecified atom stereocenters. The third-order valence-electron chi connectivity index (χ3n) is 5.72. The van der Waals surface area contributed by atoms with E-state index >= 15 is 0 Å². The predicted octanol–water partition coefficient (Wildman–Crippen LogP) is 2.36. The Morgan fingerprint density at radius 2 is 2.00 bits per heavy atom. The van der Waals surface area contributed by atoms with Crippen molar-refractivity contribution in [3.05, 3.63) is 58.7 Å². The first kappa shape index (κ1) is 20.2. The van der Waals surface area contributed by atoms with Crippen molar-refractivity contribution in [1.29, 1.82) is 0 Å². The summed E-state index contributed by atoms with van der Waals surface area (Å²) in [4.78, 5) is 38.2. The molecule has 5 rings (SSSR count). The van der Waals surface area contributed by atoms with E-state index < -0.39 is 11.9 Å². The Morgan fingerprint density at radius 3 is 2.78 bits per heavy atom. The predicted molar refractivity (Wildman–Crippen MR) is 114 cm³/mol. The maximum atomic E-state index is 13.0. The monoisotopic (exact) mass is 451 g/mol. The van der Waals surface area contributed by atoms with Crippen LogP contribution in [-0.2, 0) is 16.1 Å². The second-order valence-electron chi connectivity index (χ2n) is 7.64. The lowest BCUT2D eigenvalue weighted by molar-refractivity contribution is -0.136. The lowest BCUT2D eigenvalue weighted by Crippen LogP contribution is -2.52. The Kier molecular flexibility index (Phi) is 4.90. The number of nitrogens with one attached hydrogen (secondary N) is 1. The molecule has 1 aromatic heterocycles. The molecule has 0 spiro atoms. The van der Waals surface area contributed by atoms with Crippen LogP contribution in [0.4, 0.5) is 0 Å². The highest BCUT2D eigenvalue weighted by Crippen LogP contribution is 2.31. The van der Waals surface area contributed by atoms with Gasteiger partial charge in [-0.15, -0.1) is 5.10 Å². The highest BCUT2D eigenvalue weighted by Gasteiger charge is 2.39. The van der Waals surface area contributed by atoms with Crippen LogP contribution in [0.1, 0.15) is 28.8 Å². The van der Waals surface area contributed by atoms with Crippen molar-refractivity contribution in [3.63, 3.8) is 0 Å². The highest BCUT2D eigenvalue weighted by atomic mass is 35.5. The number of carbonyl (C=O) groups excluding carboxylic acids is 3. The van der Waals surface area contributed by atoms with Crippen molar-refractivity contribution in [2.24, 2.45) is 0 Å². The lowest BCUT2D eigenvalue weighted by atomic mass is 10.0. The summed E-state index contributed by atoms with van der Waals surface area (Å²) in [5.74, 6) is -0.436. The molecule has 3 aromatic rings. The molecule has 0 radical (unpaired) electrons. The van der Waals surface area contributed by atoms with E-state index in [4.69, 9.17) is 16.3 Å². The van der Waals surface area contributed by atoms with Gasteiger partial charge in [0.2, 0.25) is 11.8 Å². The fourth-order valence-electron chi connectivity index (χ4n) is 4.03. The molecule has 0 saturated carbocycles. The number of methoxy groups -OCH3 is 1. The Balaban J connectivity index is 1.41.